The highest BCUT2D eigenvalue weighted by atomic mass is 16.3. The fourth-order valence-electron chi connectivity index (χ4n) is 4.21. The van der Waals surface area contributed by atoms with Crippen molar-refractivity contribution in [2.45, 2.75) is 58.6 Å². The lowest BCUT2D eigenvalue weighted by Gasteiger charge is -2.42. The second kappa shape index (κ2) is 6.10. The Balaban J connectivity index is 1.68. The Morgan fingerprint density at radius 2 is 1.95 bits per heavy atom. The van der Waals surface area contributed by atoms with Crippen LogP contribution in [0.1, 0.15) is 50.7 Å². The van der Waals surface area contributed by atoms with Crippen molar-refractivity contribution >= 4 is 0 Å². The van der Waals surface area contributed by atoms with Gasteiger partial charge in [0.2, 0.25) is 0 Å². The summed E-state index contributed by atoms with van der Waals surface area (Å²) < 4.78 is 0. The predicted octanol–water partition coefficient (Wildman–Crippen LogP) is 3.62. The Morgan fingerprint density at radius 1 is 1.19 bits per heavy atom. The molecule has 2 unspecified atom stereocenters. The summed E-state index contributed by atoms with van der Waals surface area (Å²) in [4.78, 5) is 2.57. The Labute approximate surface area is 129 Å². The average Bonchev–Trinajstić information content (AvgIpc) is 2.65. The fourth-order valence-corrected chi connectivity index (χ4v) is 4.21. The largest absolute Gasteiger partial charge is 0.392 e. The van der Waals surface area contributed by atoms with E-state index in [9.17, 15) is 5.11 Å². The van der Waals surface area contributed by atoms with E-state index in [1.807, 2.05) is 0 Å². The van der Waals surface area contributed by atoms with E-state index in [-0.39, 0.29) is 11.5 Å². The molecule has 116 valence electrons. The molecule has 0 radical (unpaired) electrons. The molecule has 2 aliphatic rings. The number of rotatable bonds is 2. The standard InChI is InChI=1S/C19H29NO/c1-19(2)11-5-9-17(18(19)21)14-20-12-6-10-15-7-3-4-8-16(15)13-20/h3-4,7-8,17-18,21H,5-6,9-14H2,1-2H3. The van der Waals surface area contributed by atoms with E-state index in [0.29, 0.717) is 5.92 Å². The summed E-state index contributed by atoms with van der Waals surface area (Å²) in [5, 5.41) is 10.7. The molecule has 1 aliphatic heterocycles. The van der Waals surface area contributed by atoms with Gasteiger partial charge in [0.05, 0.1) is 6.10 Å². The molecule has 0 amide bonds. The molecule has 2 heteroatoms. The van der Waals surface area contributed by atoms with Crippen molar-refractivity contribution in [2.24, 2.45) is 11.3 Å². The minimum atomic E-state index is -0.148. The van der Waals surface area contributed by atoms with Crippen LogP contribution < -0.4 is 0 Å². The van der Waals surface area contributed by atoms with Crippen LogP contribution in [0, 0.1) is 11.3 Å². The van der Waals surface area contributed by atoms with Crippen LogP contribution >= 0.6 is 0 Å². The quantitative estimate of drug-likeness (QED) is 0.898. The number of aliphatic hydroxyl groups is 1. The minimum absolute atomic E-state index is 0.0900. The van der Waals surface area contributed by atoms with Gasteiger partial charge in [0.15, 0.2) is 0 Å². The van der Waals surface area contributed by atoms with Crippen molar-refractivity contribution < 1.29 is 5.11 Å². The molecule has 1 N–H and O–H groups in total. The second-order valence-electron chi connectivity index (χ2n) is 7.69. The third kappa shape index (κ3) is 3.32. The van der Waals surface area contributed by atoms with Gasteiger partial charge in [-0.2, -0.15) is 0 Å². The molecule has 0 saturated heterocycles. The number of nitrogens with zero attached hydrogens (tertiary/aromatic N) is 1. The molecular weight excluding hydrogens is 258 g/mol. The Morgan fingerprint density at radius 3 is 2.76 bits per heavy atom. The molecule has 2 nitrogen and oxygen atoms in total. The molecule has 1 aliphatic carbocycles. The second-order valence-corrected chi connectivity index (χ2v) is 7.69. The fraction of sp³-hybridized carbons (Fsp3) is 0.684. The molecule has 1 heterocycles. The van der Waals surface area contributed by atoms with E-state index in [0.717, 1.165) is 19.5 Å². The van der Waals surface area contributed by atoms with Gasteiger partial charge in [0.25, 0.3) is 0 Å². The lowest BCUT2D eigenvalue weighted by Crippen LogP contribution is -2.45. The third-order valence-electron chi connectivity index (χ3n) is 5.57. The van der Waals surface area contributed by atoms with E-state index < -0.39 is 0 Å². The first-order valence-corrected chi connectivity index (χ1v) is 8.53. The monoisotopic (exact) mass is 287 g/mol. The Kier molecular flexibility index (Phi) is 4.37. The zero-order valence-electron chi connectivity index (χ0n) is 13.5. The van der Waals surface area contributed by atoms with E-state index in [1.165, 1.54) is 43.4 Å². The summed E-state index contributed by atoms with van der Waals surface area (Å²) in [5.41, 5.74) is 3.09. The first kappa shape index (κ1) is 15.1. The molecule has 1 saturated carbocycles. The van der Waals surface area contributed by atoms with Gasteiger partial charge < -0.3 is 5.11 Å². The maximum absolute atomic E-state index is 10.7. The van der Waals surface area contributed by atoms with Crippen LogP contribution in [0.4, 0.5) is 0 Å². The molecule has 0 aromatic heterocycles. The summed E-state index contributed by atoms with van der Waals surface area (Å²) in [5.74, 6) is 0.444. The van der Waals surface area contributed by atoms with Crippen LogP contribution in [0.5, 0.6) is 0 Å². The SMILES string of the molecule is CC1(C)CCCC(CN2CCCc3ccccc3C2)C1O. The van der Waals surface area contributed by atoms with Crippen molar-refractivity contribution in [1.82, 2.24) is 4.90 Å². The number of fused-ring (bicyclic) bond motifs is 1. The smallest absolute Gasteiger partial charge is 0.0631 e. The maximum atomic E-state index is 10.7. The molecule has 1 aromatic rings. The van der Waals surface area contributed by atoms with Crippen LogP contribution in [0.2, 0.25) is 0 Å². The molecule has 0 bridgehead atoms. The number of aryl methyl sites for hydroxylation is 1. The van der Waals surface area contributed by atoms with Crippen LogP contribution in [0.3, 0.4) is 0 Å². The Hall–Kier alpha value is -0.860. The first-order valence-electron chi connectivity index (χ1n) is 8.53. The van der Waals surface area contributed by atoms with Gasteiger partial charge in [-0.15, -0.1) is 0 Å². The van der Waals surface area contributed by atoms with Gasteiger partial charge in [-0.3, -0.25) is 4.90 Å². The number of hydrogen-bond acceptors (Lipinski definition) is 2. The van der Waals surface area contributed by atoms with Crippen molar-refractivity contribution in [2.75, 3.05) is 13.1 Å². The highest BCUT2D eigenvalue weighted by Gasteiger charge is 2.38. The summed E-state index contributed by atoms with van der Waals surface area (Å²) in [6, 6.07) is 8.86. The summed E-state index contributed by atoms with van der Waals surface area (Å²) >= 11 is 0. The highest BCUT2D eigenvalue weighted by molar-refractivity contribution is 5.28. The van der Waals surface area contributed by atoms with Gasteiger partial charge in [-0.1, -0.05) is 44.5 Å². The lowest BCUT2D eigenvalue weighted by molar-refractivity contribution is -0.0436. The molecular formula is C19H29NO. The number of benzene rings is 1. The molecule has 2 atom stereocenters. The van der Waals surface area contributed by atoms with Gasteiger partial charge >= 0.3 is 0 Å². The topological polar surface area (TPSA) is 23.5 Å². The highest BCUT2D eigenvalue weighted by Crippen LogP contribution is 2.39. The number of hydrogen-bond donors (Lipinski definition) is 1. The molecule has 21 heavy (non-hydrogen) atoms. The van der Waals surface area contributed by atoms with E-state index in [4.69, 9.17) is 0 Å². The summed E-state index contributed by atoms with van der Waals surface area (Å²) in [7, 11) is 0. The van der Waals surface area contributed by atoms with Crippen LogP contribution in [0.25, 0.3) is 0 Å². The number of aliphatic hydroxyl groups excluding tert-OH is 1. The zero-order chi connectivity index (χ0) is 14.9. The summed E-state index contributed by atoms with van der Waals surface area (Å²) in [6.07, 6.45) is 5.90. The van der Waals surface area contributed by atoms with Gasteiger partial charge in [0, 0.05) is 13.1 Å². The lowest BCUT2D eigenvalue weighted by atomic mass is 9.69. The van der Waals surface area contributed by atoms with Crippen molar-refractivity contribution in [3.05, 3.63) is 35.4 Å². The maximum Gasteiger partial charge on any atom is 0.0631 e. The van der Waals surface area contributed by atoms with Crippen molar-refractivity contribution in [3.63, 3.8) is 0 Å². The van der Waals surface area contributed by atoms with E-state index in [2.05, 4.69) is 43.0 Å². The van der Waals surface area contributed by atoms with E-state index in [1.54, 1.807) is 0 Å². The first-order chi connectivity index (χ1) is 10.1. The zero-order valence-corrected chi connectivity index (χ0v) is 13.5. The van der Waals surface area contributed by atoms with Gasteiger partial charge in [-0.25, -0.2) is 0 Å². The van der Waals surface area contributed by atoms with Crippen LogP contribution in [-0.4, -0.2) is 29.2 Å². The molecule has 3 rings (SSSR count). The van der Waals surface area contributed by atoms with Crippen LogP contribution in [0.15, 0.2) is 24.3 Å². The van der Waals surface area contributed by atoms with Crippen molar-refractivity contribution in [1.29, 1.82) is 0 Å². The third-order valence-corrected chi connectivity index (χ3v) is 5.57. The molecule has 1 fully saturated rings. The minimum Gasteiger partial charge on any atom is -0.392 e. The predicted molar refractivity (Wildman–Crippen MR) is 87.2 cm³/mol. The van der Waals surface area contributed by atoms with E-state index >= 15 is 0 Å². The average molecular weight is 287 g/mol. The molecule has 1 aromatic carbocycles. The van der Waals surface area contributed by atoms with Gasteiger partial charge in [-0.05, 0) is 54.7 Å². The van der Waals surface area contributed by atoms with Crippen molar-refractivity contribution in [3.8, 4) is 0 Å². The Bertz CT molecular complexity index is 482. The normalized spacial score (nSPS) is 29.7. The van der Waals surface area contributed by atoms with Crippen LogP contribution in [-0.2, 0) is 13.0 Å². The molecule has 0 spiro atoms. The van der Waals surface area contributed by atoms with Gasteiger partial charge in [0.1, 0.15) is 0 Å². The summed E-state index contributed by atoms with van der Waals surface area (Å²) in [6.45, 7) is 7.72.